The normalized spacial score (nSPS) is 11.3. The van der Waals surface area contributed by atoms with Gasteiger partial charge in [-0.15, -0.1) is 22.7 Å². The maximum atomic E-state index is 11.7. The van der Waals surface area contributed by atoms with Crippen molar-refractivity contribution in [1.82, 2.24) is 10.6 Å². The van der Waals surface area contributed by atoms with Crippen LogP contribution in [0.25, 0.3) is 12.2 Å². The lowest BCUT2D eigenvalue weighted by Gasteiger charge is -2.04. The highest BCUT2D eigenvalue weighted by Gasteiger charge is 1.97. The summed E-state index contributed by atoms with van der Waals surface area (Å²) >= 11 is 3.23. The Bertz CT molecular complexity index is 657. The van der Waals surface area contributed by atoms with Crippen molar-refractivity contribution in [2.75, 3.05) is 13.1 Å². The molecule has 0 unspecified atom stereocenters. The second-order valence-electron chi connectivity index (χ2n) is 6.05. The van der Waals surface area contributed by atoms with Crippen LogP contribution in [0.4, 0.5) is 0 Å². The summed E-state index contributed by atoms with van der Waals surface area (Å²) in [4.78, 5) is 25.5. The van der Waals surface area contributed by atoms with Crippen molar-refractivity contribution >= 4 is 46.6 Å². The molecule has 0 saturated carbocycles. The average Bonchev–Trinajstić information content (AvgIpc) is 3.37. The van der Waals surface area contributed by atoms with Crippen LogP contribution in [0.5, 0.6) is 0 Å². The number of hydrogen-bond donors (Lipinski definition) is 2. The van der Waals surface area contributed by atoms with Crippen molar-refractivity contribution in [3.05, 3.63) is 56.9 Å². The SMILES string of the molecule is O=C(C=Cc1cccs1)NCCCCCCCNC(=O)C=Cc1cccs1. The molecule has 0 radical (unpaired) electrons. The van der Waals surface area contributed by atoms with Gasteiger partial charge in [0.2, 0.25) is 11.8 Å². The fourth-order valence-electron chi connectivity index (χ4n) is 2.41. The zero-order valence-corrected chi connectivity index (χ0v) is 17.0. The summed E-state index contributed by atoms with van der Waals surface area (Å²) < 4.78 is 0. The fraction of sp³-hybridized carbons (Fsp3) is 0.333. The Labute approximate surface area is 169 Å². The van der Waals surface area contributed by atoms with Crippen molar-refractivity contribution in [3.8, 4) is 0 Å². The van der Waals surface area contributed by atoms with Crippen molar-refractivity contribution in [2.45, 2.75) is 32.1 Å². The Hall–Kier alpha value is -2.18. The maximum Gasteiger partial charge on any atom is 0.244 e. The molecule has 27 heavy (non-hydrogen) atoms. The molecule has 0 aliphatic rings. The lowest BCUT2D eigenvalue weighted by atomic mass is 10.1. The van der Waals surface area contributed by atoms with Crippen LogP contribution in [-0.4, -0.2) is 24.9 Å². The predicted octanol–water partition coefficient (Wildman–Crippen LogP) is 4.72. The van der Waals surface area contributed by atoms with Crippen LogP contribution >= 0.6 is 22.7 Å². The zero-order valence-electron chi connectivity index (χ0n) is 15.4. The van der Waals surface area contributed by atoms with E-state index in [1.165, 1.54) is 0 Å². The maximum absolute atomic E-state index is 11.7. The number of thiophene rings is 2. The molecule has 2 aromatic rings. The van der Waals surface area contributed by atoms with Crippen molar-refractivity contribution < 1.29 is 9.59 Å². The van der Waals surface area contributed by atoms with Gasteiger partial charge in [-0.2, -0.15) is 0 Å². The molecular weight excluding hydrogens is 376 g/mol. The van der Waals surface area contributed by atoms with E-state index in [0.717, 1.165) is 41.9 Å². The van der Waals surface area contributed by atoms with Crippen LogP contribution in [0.2, 0.25) is 0 Å². The van der Waals surface area contributed by atoms with E-state index in [2.05, 4.69) is 10.6 Å². The quantitative estimate of drug-likeness (QED) is 0.399. The number of nitrogens with one attached hydrogen (secondary N) is 2. The van der Waals surface area contributed by atoms with E-state index >= 15 is 0 Å². The number of amides is 2. The Morgan fingerprint density at radius 3 is 1.59 bits per heavy atom. The van der Waals surface area contributed by atoms with E-state index in [9.17, 15) is 9.59 Å². The van der Waals surface area contributed by atoms with Gasteiger partial charge >= 0.3 is 0 Å². The Balaban J connectivity index is 1.40. The third-order valence-corrected chi connectivity index (χ3v) is 5.51. The van der Waals surface area contributed by atoms with Crippen LogP contribution in [-0.2, 0) is 9.59 Å². The molecule has 2 aromatic heterocycles. The Morgan fingerprint density at radius 2 is 1.19 bits per heavy atom. The van der Waals surface area contributed by atoms with Gasteiger partial charge in [0.15, 0.2) is 0 Å². The van der Waals surface area contributed by atoms with Crippen molar-refractivity contribution in [1.29, 1.82) is 0 Å². The van der Waals surface area contributed by atoms with E-state index in [1.54, 1.807) is 34.8 Å². The lowest BCUT2D eigenvalue weighted by Crippen LogP contribution is -2.22. The number of rotatable bonds is 12. The predicted molar refractivity (Wildman–Crippen MR) is 116 cm³/mol. The van der Waals surface area contributed by atoms with Gasteiger partial charge in [0.05, 0.1) is 0 Å². The first kappa shape index (κ1) is 21.1. The highest BCUT2D eigenvalue weighted by molar-refractivity contribution is 7.11. The Kier molecular flexibility index (Phi) is 10.2. The molecule has 0 fully saturated rings. The van der Waals surface area contributed by atoms with Crippen LogP contribution in [0, 0.1) is 0 Å². The summed E-state index contributed by atoms with van der Waals surface area (Å²) in [6, 6.07) is 7.90. The largest absolute Gasteiger partial charge is 0.353 e. The fourth-order valence-corrected chi connectivity index (χ4v) is 3.65. The summed E-state index contributed by atoms with van der Waals surface area (Å²) in [5.74, 6) is -0.0802. The summed E-state index contributed by atoms with van der Waals surface area (Å²) in [7, 11) is 0. The minimum atomic E-state index is -0.0401. The summed E-state index contributed by atoms with van der Waals surface area (Å²) in [5, 5.41) is 9.79. The molecule has 0 atom stereocenters. The van der Waals surface area contributed by atoms with Crippen LogP contribution < -0.4 is 10.6 Å². The highest BCUT2D eigenvalue weighted by atomic mass is 32.1. The van der Waals surface area contributed by atoms with Gasteiger partial charge < -0.3 is 10.6 Å². The van der Waals surface area contributed by atoms with Gasteiger partial charge in [-0.3, -0.25) is 9.59 Å². The number of carbonyl (C=O) groups is 2. The topological polar surface area (TPSA) is 58.2 Å². The minimum Gasteiger partial charge on any atom is -0.353 e. The smallest absolute Gasteiger partial charge is 0.244 e. The second kappa shape index (κ2) is 13.1. The molecule has 6 heteroatoms. The number of hydrogen-bond acceptors (Lipinski definition) is 4. The summed E-state index contributed by atoms with van der Waals surface area (Å²) in [6.45, 7) is 1.41. The molecule has 2 heterocycles. The number of carbonyl (C=O) groups excluding carboxylic acids is 2. The molecule has 2 N–H and O–H groups in total. The zero-order chi connectivity index (χ0) is 19.2. The molecule has 0 aromatic carbocycles. The van der Waals surface area contributed by atoms with E-state index in [4.69, 9.17) is 0 Å². The van der Waals surface area contributed by atoms with Crippen LogP contribution in [0.15, 0.2) is 47.2 Å². The third kappa shape index (κ3) is 9.92. The molecule has 2 amide bonds. The monoisotopic (exact) mass is 402 g/mol. The van der Waals surface area contributed by atoms with E-state index in [1.807, 2.05) is 47.2 Å². The van der Waals surface area contributed by atoms with Gasteiger partial charge in [-0.05, 0) is 47.9 Å². The molecule has 0 saturated heterocycles. The van der Waals surface area contributed by atoms with Gasteiger partial charge in [0.1, 0.15) is 0 Å². The lowest BCUT2D eigenvalue weighted by molar-refractivity contribution is -0.117. The molecule has 0 spiro atoms. The molecule has 144 valence electrons. The molecular formula is C21H26N2O2S2. The van der Waals surface area contributed by atoms with Gasteiger partial charge in [-0.1, -0.05) is 31.4 Å². The van der Waals surface area contributed by atoms with Gasteiger partial charge in [0.25, 0.3) is 0 Å². The molecule has 0 aliphatic heterocycles. The highest BCUT2D eigenvalue weighted by Crippen LogP contribution is 2.10. The first-order valence-electron chi connectivity index (χ1n) is 9.23. The summed E-state index contributed by atoms with van der Waals surface area (Å²) in [6.07, 6.45) is 12.1. The number of unbranched alkanes of at least 4 members (excludes halogenated alkanes) is 4. The van der Waals surface area contributed by atoms with Gasteiger partial charge in [-0.25, -0.2) is 0 Å². The molecule has 0 bridgehead atoms. The van der Waals surface area contributed by atoms with E-state index < -0.39 is 0 Å². The second-order valence-corrected chi connectivity index (χ2v) is 8.01. The van der Waals surface area contributed by atoms with Crippen LogP contribution in [0.1, 0.15) is 41.9 Å². The first-order valence-corrected chi connectivity index (χ1v) is 11.0. The Morgan fingerprint density at radius 1 is 0.741 bits per heavy atom. The summed E-state index contributed by atoms with van der Waals surface area (Å²) in [5.41, 5.74) is 0. The van der Waals surface area contributed by atoms with E-state index in [-0.39, 0.29) is 11.8 Å². The average molecular weight is 403 g/mol. The van der Waals surface area contributed by atoms with Crippen molar-refractivity contribution in [2.24, 2.45) is 0 Å². The standard InChI is InChI=1S/C21H26N2O2S2/c24-20(12-10-18-8-6-16-26-18)22-14-4-2-1-3-5-15-23-21(25)13-11-19-9-7-17-27-19/h6-13,16-17H,1-5,14-15H2,(H,22,24)(H,23,25). The van der Waals surface area contributed by atoms with Gasteiger partial charge in [0, 0.05) is 35.0 Å². The van der Waals surface area contributed by atoms with E-state index in [0.29, 0.717) is 13.1 Å². The first-order chi connectivity index (χ1) is 13.2. The van der Waals surface area contributed by atoms with Crippen LogP contribution in [0.3, 0.4) is 0 Å². The molecule has 2 rings (SSSR count). The molecule has 4 nitrogen and oxygen atoms in total. The minimum absolute atomic E-state index is 0.0401. The molecule has 0 aliphatic carbocycles. The third-order valence-electron chi connectivity index (χ3n) is 3.84. The van der Waals surface area contributed by atoms with Crippen molar-refractivity contribution in [3.63, 3.8) is 0 Å².